The lowest BCUT2D eigenvalue weighted by atomic mass is 10.2. The molecule has 2 rings (SSSR count). The van der Waals surface area contributed by atoms with E-state index in [1.165, 1.54) is 25.1 Å². The minimum Gasteiger partial charge on any atom is -0.349 e. The summed E-state index contributed by atoms with van der Waals surface area (Å²) in [7, 11) is 0. The zero-order valence-electron chi connectivity index (χ0n) is 10.7. The molecule has 1 amide bonds. The average molecular weight is 270 g/mol. The monoisotopic (exact) mass is 270 g/mol. The van der Waals surface area contributed by atoms with E-state index < -0.39 is 4.92 Å². The summed E-state index contributed by atoms with van der Waals surface area (Å²) in [5.41, 5.74) is 1.32. The predicted molar refractivity (Wildman–Crippen MR) is 76.0 cm³/mol. The van der Waals surface area contributed by atoms with E-state index in [1.807, 2.05) is 0 Å². The summed E-state index contributed by atoms with van der Waals surface area (Å²) < 4.78 is 0. The molecule has 1 radical (unpaired) electrons. The number of rotatable bonds is 4. The smallest absolute Gasteiger partial charge is 0.292 e. The van der Waals surface area contributed by atoms with Gasteiger partial charge in [0, 0.05) is 30.4 Å². The molecule has 0 aromatic heterocycles. The van der Waals surface area contributed by atoms with Crippen LogP contribution in [0.25, 0.3) is 0 Å². The van der Waals surface area contributed by atoms with Gasteiger partial charge in [-0.05, 0) is 18.2 Å². The maximum Gasteiger partial charge on any atom is 0.292 e. The lowest BCUT2D eigenvalue weighted by Crippen LogP contribution is -2.06. The molecule has 0 aliphatic carbocycles. The van der Waals surface area contributed by atoms with Crippen LogP contribution in [0, 0.1) is 16.2 Å². The molecule has 6 nitrogen and oxygen atoms in total. The van der Waals surface area contributed by atoms with Gasteiger partial charge in [-0.15, -0.1) is 0 Å². The summed E-state index contributed by atoms with van der Waals surface area (Å²) in [6.45, 7) is 1.37. The number of nitrogens with one attached hydrogen (secondary N) is 2. The molecule has 101 valence electrons. The van der Waals surface area contributed by atoms with Crippen molar-refractivity contribution in [3.63, 3.8) is 0 Å². The van der Waals surface area contributed by atoms with E-state index in [4.69, 9.17) is 0 Å². The fourth-order valence-corrected chi connectivity index (χ4v) is 1.69. The minimum absolute atomic E-state index is 0.0728. The zero-order chi connectivity index (χ0) is 14.5. The molecule has 0 spiro atoms. The maximum absolute atomic E-state index is 11.0. The number of nitro benzene ring substituents is 1. The molecule has 0 atom stereocenters. The van der Waals surface area contributed by atoms with Crippen molar-refractivity contribution in [2.24, 2.45) is 0 Å². The third-order valence-corrected chi connectivity index (χ3v) is 2.49. The van der Waals surface area contributed by atoms with Crippen molar-refractivity contribution in [3.8, 4) is 0 Å². The number of carbonyl (C=O) groups excluding carboxylic acids is 1. The van der Waals surface area contributed by atoms with Crippen LogP contribution in [0.3, 0.4) is 0 Å². The van der Waals surface area contributed by atoms with Crippen LogP contribution in [0.15, 0.2) is 42.5 Å². The Morgan fingerprint density at radius 2 is 2.10 bits per heavy atom. The maximum atomic E-state index is 11.0. The molecule has 2 aromatic rings. The Hall–Kier alpha value is -2.89. The van der Waals surface area contributed by atoms with E-state index >= 15 is 0 Å². The Kier molecular flexibility index (Phi) is 3.95. The van der Waals surface area contributed by atoms with Gasteiger partial charge in [-0.1, -0.05) is 18.2 Å². The molecule has 0 saturated heterocycles. The quantitative estimate of drug-likeness (QED) is 0.660. The Labute approximate surface area is 115 Å². The van der Waals surface area contributed by atoms with Crippen LogP contribution >= 0.6 is 0 Å². The van der Waals surface area contributed by atoms with Crippen LogP contribution in [0.5, 0.6) is 0 Å². The van der Waals surface area contributed by atoms with Crippen molar-refractivity contribution in [1.82, 2.24) is 0 Å². The van der Waals surface area contributed by atoms with Gasteiger partial charge in [0.1, 0.15) is 5.69 Å². The normalized spacial score (nSPS) is 9.85. The number of nitrogens with zero attached hydrogens (tertiary/aromatic N) is 1. The van der Waals surface area contributed by atoms with Crippen LogP contribution in [-0.4, -0.2) is 10.8 Å². The minimum atomic E-state index is -0.483. The van der Waals surface area contributed by atoms with Crippen molar-refractivity contribution in [2.75, 3.05) is 10.6 Å². The van der Waals surface area contributed by atoms with E-state index in [9.17, 15) is 14.9 Å². The number of amides is 1. The van der Waals surface area contributed by atoms with Crippen molar-refractivity contribution in [3.05, 3.63) is 58.6 Å². The third-order valence-electron chi connectivity index (χ3n) is 2.49. The number of benzene rings is 2. The summed E-state index contributed by atoms with van der Waals surface area (Å²) in [5, 5.41) is 16.5. The first-order valence-electron chi connectivity index (χ1n) is 5.86. The number of nitro groups is 1. The van der Waals surface area contributed by atoms with E-state index in [-0.39, 0.29) is 11.6 Å². The molecule has 0 aliphatic heterocycles. The molecule has 0 unspecified atom stereocenters. The van der Waals surface area contributed by atoms with Gasteiger partial charge in [0.2, 0.25) is 5.91 Å². The van der Waals surface area contributed by atoms with E-state index in [2.05, 4.69) is 16.7 Å². The van der Waals surface area contributed by atoms with Crippen LogP contribution < -0.4 is 10.6 Å². The van der Waals surface area contributed by atoms with E-state index in [1.54, 1.807) is 24.3 Å². The highest BCUT2D eigenvalue weighted by Gasteiger charge is 2.14. The third kappa shape index (κ3) is 3.32. The molecule has 20 heavy (non-hydrogen) atoms. The lowest BCUT2D eigenvalue weighted by Gasteiger charge is -2.09. The first kappa shape index (κ1) is 13.5. The lowest BCUT2D eigenvalue weighted by molar-refractivity contribution is -0.383. The van der Waals surface area contributed by atoms with E-state index in [0.29, 0.717) is 17.1 Å². The average Bonchev–Trinajstić information content (AvgIpc) is 2.39. The van der Waals surface area contributed by atoms with Gasteiger partial charge < -0.3 is 10.6 Å². The fraction of sp³-hybridized carbons (Fsp3) is 0.0714. The van der Waals surface area contributed by atoms with E-state index in [0.717, 1.165) is 0 Å². The molecular formula is C14H12N3O3. The summed E-state index contributed by atoms with van der Waals surface area (Å²) in [5.74, 6) is -0.240. The van der Waals surface area contributed by atoms with Crippen molar-refractivity contribution in [1.29, 1.82) is 0 Å². The largest absolute Gasteiger partial charge is 0.349 e. The number of hydrogen-bond donors (Lipinski definition) is 2. The molecule has 0 bridgehead atoms. The second kappa shape index (κ2) is 5.83. The Morgan fingerprint density at radius 1 is 1.30 bits per heavy atom. The fourth-order valence-electron chi connectivity index (χ4n) is 1.69. The van der Waals surface area contributed by atoms with Crippen molar-refractivity contribution < 1.29 is 9.72 Å². The van der Waals surface area contributed by atoms with Crippen LogP contribution in [0.2, 0.25) is 0 Å². The number of carbonyl (C=O) groups is 1. The SMILES string of the molecule is CC(=O)Nc1ccc([N+](=O)[O-])c(Nc2[c]cccc2)c1. The molecule has 0 fully saturated rings. The summed E-state index contributed by atoms with van der Waals surface area (Å²) >= 11 is 0. The summed E-state index contributed by atoms with van der Waals surface area (Å²) in [4.78, 5) is 21.6. The number of anilines is 3. The van der Waals surface area contributed by atoms with Crippen LogP contribution in [-0.2, 0) is 4.79 Å². The zero-order valence-corrected chi connectivity index (χ0v) is 10.7. The van der Waals surface area contributed by atoms with Gasteiger partial charge in [-0.2, -0.15) is 0 Å². The Balaban J connectivity index is 2.36. The topological polar surface area (TPSA) is 84.3 Å². The molecule has 6 heteroatoms. The standard InChI is InChI=1S/C14H12N3O3/c1-10(18)15-12-7-8-14(17(19)20)13(9-12)16-11-5-3-2-4-6-11/h2-5,7-9,16H,1H3,(H,15,18). The molecule has 0 heterocycles. The highest BCUT2D eigenvalue weighted by atomic mass is 16.6. The highest BCUT2D eigenvalue weighted by molar-refractivity contribution is 5.90. The Bertz CT molecular complexity index is 641. The van der Waals surface area contributed by atoms with Gasteiger partial charge in [0.05, 0.1) is 4.92 Å². The van der Waals surface area contributed by atoms with Crippen LogP contribution in [0.1, 0.15) is 6.92 Å². The van der Waals surface area contributed by atoms with Crippen LogP contribution in [0.4, 0.5) is 22.7 Å². The first-order chi connectivity index (χ1) is 9.56. The Morgan fingerprint density at radius 3 is 2.70 bits per heavy atom. The van der Waals surface area contributed by atoms with Crippen molar-refractivity contribution in [2.45, 2.75) is 6.92 Å². The second-order valence-electron chi connectivity index (χ2n) is 4.07. The predicted octanol–water partition coefficient (Wildman–Crippen LogP) is 3.10. The number of para-hydroxylation sites is 1. The summed E-state index contributed by atoms with van der Waals surface area (Å²) in [6, 6.07) is 14.3. The van der Waals surface area contributed by atoms with Gasteiger partial charge in [0.25, 0.3) is 5.69 Å². The highest BCUT2D eigenvalue weighted by Crippen LogP contribution is 2.30. The van der Waals surface area contributed by atoms with Gasteiger partial charge in [0.15, 0.2) is 0 Å². The molecule has 0 aliphatic rings. The molecular weight excluding hydrogens is 258 g/mol. The van der Waals surface area contributed by atoms with Gasteiger partial charge in [-0.25, -0.2) is 0 Å². The van der Waals surface area contributed by atoms with Gasteiger partial charge >= 0.3 is 0 Å². The molecule has 2 N–H and O–H groups in total. The van der Waals surface area contributed by atoms with Crippen molar-refractivity contribution >= 4 is 28.7 Å². The molecule has 0 saturated carbocycles. The first-order valence-corrected chi connectivity index (χ1v) is 5.86. The van der Waals surface area contributed by atoms with Gasteiger partial charge in [-0.3, -0.25) is 14.9 Å². The second-order valence-corrected chi connectivity index (χ2v) is 4.07. The molecule has 2 aromatic carbocycles. The summed E-state index contributed by atoms with van der Waals surface area (Å²) in [6.07, 6.45) is 0. The number of hydrogen-bond acceptors (Lipinski definition) is 4.